The predicted octanol–water partition coefficient (Wildman–Crippen LogP) is 2.76. The van der Waals surface area contributed by atoms with E-state index in [0.717, 1.165) is 38.2 Å². The minimum Gasteiger partial charge on any atom is -0.364 e. The molecule has 2 aromatic rings. The van der Waals surface area contributed by atoms with Crippen molar-refractivity contribution in [3.8, 4) is 0 Å². The van der Waals surface area contributed by atoms with E-state index in [1.807, 2.05) is 12.1 Å². The maximum absolute atomic E-state index is 12.4. The van der Waals surface area contributed by atoms with E-state index in [1.54, 1.807) is 23.7 Å². The molecule has 2 aromatic heterocycles. The summed E-state index contributed by atoms with van der Waals surface area (Å²) in [6.45, 7) is 2.97. The van der Waals surface area contributed by atoms with Gasteiger partial charge in [-0.25, -0.2) is 0 Å². The number of nitrogens with zero attached hydrogens (tertiary/aromatic N) is 2. The Morgan fingerprint density at radius 2 is 2.42 bits per heavy atom. The average Bonchev–Trinajstić information content (AvgIpc) is 3.25. The molecular weight excluding hydrogens is 322 g/mol. The number of hydrogen-bond donors (Lipinski definition) is 1. The first kappa shape index (κ1) is 15.7. The second-order valence-corrected chi connectivity index (χ2v) is 7.33. The van der Waals surface area contributed by atoms with Gasteiger partial charge >= 0.3 is 0 Å². The number of nitrogens with one attached hydrogen (secondary N) is 1. The van der Waals surface area contributed by atoms with Gasteiger partial charge in [-0.2, -0.15) is 11.3 Å². The summed E-state index contributed by atoms with van der Waals surface area (Å²) in [5.41, 5.74) is 2.09. The highest BCUT2D eigenvalue weighted by Crippen LogP contribution is 2.34. The molecule has 0 radical (unpaired) electrons. The Bertz CT molecular complexity index is 677. The van der Waals surface area contributed by atoms with Gasteiger partial charge in [0.2, 0.25) is 0 Å². The number of thiophene rings is 1. The Hall–Kier alpha value is -1.76. The smallest absolute Gasteiger partial charge is 0.253 e. The molecule has 0 bridgehead atoms. The monoisotopic (exact) mass is 343 g/mol. The first-order valence-electron chi connectivity index (χ1n) is 8.38. The van der Waals surface area contributed by atoms with Crippen LogP contribution in [0.3, 0.4) is 0 Å². The molecule has 5 nitrogen and oxygen atoms in total. The fraction of sp³-hybridized carbons (Fsp3) is 0.444. The lowest BCUT2D eigenvalue weighted by atomic mass is 9.91. The zero-order valence-corrected chi connectivity index (χ0v) is 14.2. The summed E-state index contributed by atoms with van der Waals surface area (Å²) in [6.07, 6.45) is 5.10. The molecular formula is C18H21N3O2S. The summed E-state index contributed by atoms with van der Waals surface area (Å²) >= 11 is 1.74. The van der Waals surface area contributed by atoms with Crippen LogP contribution in [-0.2, 0) is 16.1 Å². The second-order valence-electron chi connectivity index (χ2n) is 6.55. The molecule has 2 fully saturated rings. The molecule has 0 aromatic carbocycles. The lowest BCUT2D eigenvalue weighted by molar-refractivity contribution is -0.127. The van der Waals surface area contributed by atoms with E-state index in [1.165, 1.54) is 5.56 Å². The van der Waals surface area contributed by atoms with Gasteiger partial charge in [0, 0.05) is 19.3 Å². The van der Waals surface area contributed by atoms with Gasteiger partial charge in [0.15, 0.2) is 0 Å². The van der Waals surface area contributed by atoms with Crippen LogP contribution in [0.4, 0.5) is 5.69 Å². The minimum atomic E-state index is -0.346. The van der Waals surface area contributed by atoms with E-state index in [9.17, 15) is 4.79 Å². The first-order chi connectivity index (χ1) is 11.8. The number of hydrogen-bond acceptors (Lipinski definition) is 5. The number of aromatic nitrogens is 1. The molecule has 24 heavy (non-hydrogen) atoms. The van der Waals surface area contributed by atoms with Crippen molar-refractivity contribution in [1.82, 2.24) is 9.88 Å². The largest absolute Gasteiger partial charge is 0.364 e. The predicted molar refractivity (Wildman–Crippen MR) is 93.8 cm³/mol. The summed E-state index contributed by atoms with van der Waals surface area (Å²) in [5.74, 6) is 0.440. The van der Waals surface area contributed by atoms with Gasteiger partial charge in [0.1, 0.15) is 6.10 Å². The molecule has 0 unspecified atom stereocenters. The standard InChI is InChI=1S/C18H21N3O2S/c22-18(20-15-2-1-5-19-9-15)16-8-14-3-6-21(11-17(14)23-16)10-13-4-7-24-12-13/h1-2,4-5,7,9,12,14,16-17H,3,6,8,10-11H2,(H,20,22)/t14-,16+,17+/m0/s1. The minimum absolute atomic E-state index is 0.0539. The van der Waals surface area contributed by atoms with Crippen LogP contribution in [0.25, 0.3) is 0 Å². The number of carbonyl (C=O) groups is 1. The summed E-state index contributed by atoms with van der Waals surface area (Å²) in [5, 5.41) is 7.22. The van der Waals surface area contributed by atoms with Gasteiger partial charge in [-0.15, -0.1) is 0 Å². The number of likely N-dealkylation sites (tertiary alicyclic amines) is 1. The van der Waals surface area contributed by atoms with Crippen molar-refractivity contribution in [1.29, 1.82) is 0 Å². The maximum atomic E-state index is 12.4. The summed E-state index contributed by atoms with van der Waals surface area (Å²) in [4.78, 5) is 18.9. The molecule has 4 rings (SSSR count). The van der Waals surface area contributed by atoms with Crippen molar-refractivity contribution in [2.45, 2.75) is 31.6 Å². The Kier molecular flexibility index (Phi) is 4.60. The van der Waals surface area contributed by atoms with E-state index in [2.05, 4.69) is 32.0 Å². The Balaban J connectivity index is 1.33. The molecule has 2 aliphatic heterocycles. The first-order valence-corrected chi connectivity index (χ1v) is 9.32. The number of rotatable bonds is 4. The molecule has 0 aliphatic carbocycles. The SMILES string of the molecule is O=C(Nc1cccnc1)[C@H]1C[C@@H]2CCN(Cc3ccsc3)C[C@H]2O1. The zero-order valence-electron chi connectivity index (χ0n) is 13.4. The van der Waals surface area contributed by atoms with E-state index < -0.39 is 0 Å². The maximum Gasteiger partial charge on any atom is 0.253 e. The number of fused-ring (bicyclic) bond motifs is 1. The van der Waals surface area contributed by atoms with Crippen LogP contribution in [0.5, 0.6) is 0 Å². The third kappa shape index (κ3) is 3.50. The van der Waals surface area contributed by atoms with Gasteiger partial charge in [0.05, 0.1) is 18.0 Å². The molecule has 0 saturated carbocycles. The van der Waals surface area contributed by atoms with Crippen LogP contribution in [-0.4, -0.2) is 41.1 Å². The number of ether oxygens (including phenoxy) is 1. The van der Waals surface area contributed by atoms with Gasteiger partial charge < -0.3 is 10.1 Å². The van der Waals surface area contributed by atoms with Crippen molar-refractivity contribution >= 4 is 22.9 Å². The zero-order chi connectivity index (χ0) is 16.4. The van der Waals surface area contributed by atoms with E-state index in [0.29, 0.717) is 5.92 Å². The fourth-order valence-corrected chi connectivity index (χ4v) is 4.27. The van der Waals surface area contributed by atoms with Crippen LogP contribution < -0.4 is 5.32 Å². The Morgan fingerprint density at radius 3 is 3.21 bits per heavy atom. The molecule has 126 valence electrons. The van der Waals surface area contributed by atoms with Crippen LogP contribution in [0.2, 0.25) is 0 Å². The molecule has 2 saturated heterocycles. The summed E-state index contributed by atoms with van der Waals surface area (Å²) in [6, 6.07) is 5.83. The van der Waals surface area contributed by atoms with Crippen molar-refractivity contribution in [3.05, 3.63) is 46.9 Å². The van der Waals surface area contributed by atoms with Gasteiger partial charge in [-0.05, 0) is 59.8 Å². The molecule has 1 amide bonds. The quantitative estimate of drug-likeness (QED) is 0.927. The topological polar surface area (TPSA) is 54.5 Å². The molecule has 4 heterocycles. The van der Waals surface area contributed by atoms with Crippen molar-refractivity contribution in [2.24, 2.45) is 5.92 Å². The lowest BCUT2D eigenvalue weighted by Gasteiger charge is -2.33. The Morgan fingerprint density at radius 1 is 1.46 bits per heavy atom. The third-order valence-electron chi connectivity index (χ3n) is 4.84. The fourth-order valence-electron chi connectivity index (χ4n) is 3.61. The molecule has 3 atom stereocenters. The van der Waals surface area contributed by atoms with Crippen molar-refractivity contribution in [2.75, 3.05) is 18.4 Å². The van der Waals surface area contributed by atoms with Gasteiger partial charge in [-0.1, -0.05) is 0 Å². The lowest BCUT2D eigenvalue weighted by Crippen LogP contribution is -2.41. The molecule has 6 heteroatoms. The molecule has 2 aliphatic rings. The van der Waals surface area contributed by atoms with Gasteiger partial charge in [0.25, 0.3) is 5.91 Å². The molecule has 0 spiro atoms. The number of amides is 1. The summed E-state index contributed by atoms with van der Waals surface area (Å²) < 4.78 is 6.08. The normalized spacial score (nSPS) is 26.9. The number of pyridine rings is 1. The third-order valence-corrected chi connectivity index (χ3v) is 5.58. The number of piperidine rings is 1. The van der Waals surface area contributed by atoms with Crippen LogP contribution in [0, 0.1) is 5.92 Å². The second kappa shape index (κ2) is 7.01. The molecule has 1 N–H and O–H groups in total. The van der Waals surface area contributed by atoms with Crippen LogP contribution >= 0.6 is 11.3 Å². The van der Waals surface area contributed by atoms with Crippen LogP contribution in [0.15, 0.2) is 41.4 Å². The summed E-state index contributed by atoms with van der Waals surface area (Å²) in [7, 11) is 0. The van der Waals surface area contributed by atoms with Crippen molar-refractivity contribution < 1.29 is 9.53 Å². The van der Waals surface area contributed by atoms with Crippen molar-refractivity contribution in [3.63, 3.8) is 0 Å². The Labute approximate surface area is 145 Å². The van der Waals surface area contributed by atoms with E-state index in [-0.39, 0.29) is 18.1 Å². The number of carbonyl (C=O) groups excluding carboxylic acids is 1. The van der Waals surface area contributed by atoms with Gasteiger partial charge in [-0.3, -0.25) is 14.7 Å². The van der Waals surface area contributed by atoms with E-state index in [4.69, 9.17) is 4.74 Å². The average molecular weight is 343 g/mol. The highest BCUT2D eigenvalue weighted by atomic mass is 32.1. The number of anilines is 1. The van der Waals surface area contributed by atoms with E-state index >= 15 is 0 Å². The van der Waals surface area contributed by atoms with Crippen LogP contribution in [0.1, 0.15) is 18.4 Å². The highest BCUT2D eigenvalue weighted by molar-refractivity contribution is 7.07. The highest BCUT2D eigenvalue weighted by Gasteiger charge is 2.41.